The third-order valence-electron chi connectivity index (χ3n) is 2.20. The number of carbonyl (C=O) groups is 1. The van der Waals surface area contributed by atoms with E-state index in [-0.39, 0.29) is 0 Å². The average Bonchev–Trinajstić information content (AvgIpc) is 2.59. The number of carboxylic acid groups (broad SMARTS) is 1. The van der Waals surface area contributed by atoms with Crippen molar-refractivity contribution in [1.29, 1.82) is 0 Å². The van der Waals surface area contributed by atoms with E-state index in [1.165, 1.54) is 0 Å². The van der Waals surface area contributed by atoms with Gasteiger partial charge in [-0.15, -0.1) is 0 Å². The number of aromatic amines is 1. The van der Waals surface area contributed by atoms with Crippen LogP contribution >= 0.6 is 11.6 Å². The number of aromatic nitrogens is 1. The first-order valence-electron chi connectivity index (χ1n) is 4.27. The van der Waals surface area contributed by atoms with Crippen molar-refractivity contribution in [2.75, 3.05) is 0 Å². The van der Waals surface area contributed by atoms with E-state index < -0.39 is 12.1 Å². The van der Waals surface area contributed by atoms with E-state index in [0.717, 1.165) is 5.39 Å². The molecular weight excluding hydrogens is 218 g/mol. The van der Waals surface area contributed by atoms with Gasteiger partial charge in [-0.2, -0.15) is 0 Å². The molecular formula is C10H8ClNO3. The van der Waals surface area contributed by atoms with Crippen LogP contribution in [0.2, 0.25) is 5.02 Å². The van der Waals surface area contributed by atoms with Crippen LogP contribution in [0.25, 0.3) is 10.9 Å². The number of nitrogens with one attached hydrogen (secondary N) is 1. The van der Waals surface area contributed by atoms with Gasteiger partial charge in [0.15, 0.2) is 6.10 Å². The van der Waals surface area contributed by atoms with Crippen molar-refractivity contribution in [1.82, 2.24) is 4.98 Å². The number of hydrogen-bond donors (Lipinski definition) is 3. The molecule has 2 aromatic rings. The first-order valence-corrected chi connectivity index (χ1v) is 4.65. The molecule has 0 bridgehead atoms. The van der Waals surface area contributed by atoms with Crippen molar-refractivity contribution in [3.8, 4) is 0 Å². The quantitative estimate of drug-likeness (QED) is 0.731. The molecule has 0 spiro atoms. The third kappa shape index (κ3) is 1.69. The summed E-state index contributed by atoms with van der Waals surface area (Å²) < 4.78 is 0. The second-order valence-corrected chi connectivity index (χ2v) is 3.59. The van der Waals surface area contributed by atoms with Gasteiger partial charge >= 0.3 is 5.97 Å². The second kappa shape index (κ2) is 3.56. The highest BCUT2D eigenvalue weighted by Crippen LogP contribution is 2.25. The normalized spacial score (nSPS) is 12.9. The van der Waals surface area contributed by atoms with Crippen molar-refractivity contribution >= 4 is 28.5 Å². The molecule has 0 saturated carbocycles. The number of benzene rings is 1. The summed E-state index contributed by atoms with van der Waals surface area (Å²) in [4.78, 5) is 13.4. The fraction of sp³-hybridized carbons (Fsp3) is 0.100. The van der Waals surface area contributed by atoms with E-state index in [4.69, 9.17) is 16.7 Å². The van der Waals surface area contributed by atoms with Crippen molar-refractivity contribution in [3.05, 3.63) is 35.0 Å². The molecule has 1 aromatic carbocycles. The van der Waals surface area contributed by atoms with Crippen LogP contribution < -0.4 is 0 Å². The van der Waals surface area contributed by atoms with Gasteiger partial charge in [0.1, 0.15) is 0 Å². The van der Waals surface area contributed by atoms with E-state index in [1.54, 1.807) is 24.4 Å². The molecule has 0 aliphatic carbocycles. The number of aliphatic hydroxyl groups is 1. The van der Waals surface area contributed by atoms with Gasteiger partial charge in [0.2, 0.25) is 0 Å². The number of halogens is 1. The number of aliphatic hydroxyl groups excluding tert-OH is 1. The van der Waals surface area contributed by atoms with Crippen molar-refractivity contribution in [3.63, 3.8) is 0 Å². The van der Waals surface area contributed by atoms with E-state index in [2.05, 4.69) is 4.98 Å². The topological polar surface area (TPSA) is 73.3 Å². The Morgan fingerprint density at radius 1 is 1.47 bits per heavy atom. The van der Waals surface area contributed by atoms with Gasteiger partial charge in [-0.3, -0.25) is 0 Å². The molecule has 1 unspecified atom stereocenters. The largest absolute Gasteiger partial charge is 0.479 e. The second-order valence-electron chi connectivity index (χ2n) is 3.18. The Morgan fingerprint density at radius 2 is 2.20 bits per heavy atom. The van der Waals surface area contributed by atoms with Gasteiger partial charge in [0.25, 0.3) is 0 Å². The van der Waals surface area contributed by atoms with E-state index >= 15 is 0 Å². The summed E-state index contributed by atoms with van der Waals surface area (Å²) in [7, 11) is 0. The predicted molar refractivity (Wildman–Crippen MR) is 55.9 cm³/mol. The lowest BCUT2D eigenvalue weighted by molar-refractivity contribution is -0.146. The highest BCUT2D eigenvalue weighted by Gasteiger charge is 2.16. The van der Waals surface area contributed by atoms with Crippen LogP contribution in [-0.4, -0.2) is 21.2 Å². The Bertz CT molecular complexity index is 520. The van der Waals surface area contributed by atoms with Gasteiger partial charge in [0, 0.05) is 17.1 Å². The maximum atomic E-state index is 10.6. The van der Waals surface area contributed by atoms with Crippen LogP contribution in [0.15, 0.2) is 24.4 Å². The molecule has 0 saturated heterocycles. The fourth-order valence-corrected chi connectivity index (χ4v) is 1.64. The van der Waals surface area contributed by atoms with Crippen LogP contribution in [-0.2, 0) is 4.79 Å². The van der Waals surface area contributed by atoms with Crippen LogP contribution in [0, 0.1) is 0 Å². The molecule has 0 aliphatic rings. The van der Waals surface area contributed by atoms with Gasteiger partial charge in [-0.25, -0.2) is 4.79 Å². The molecule has 15 heavy (non-hydrogen) atoms. The molecule has 4 nitrogen and oxygen atoms in total. The van der Waals surface area contributed by atoms with Crippen molar-refractivity contribution in [2.45, 2.75) is 6.10 Å². The van der Waals surface area contributed by atoms with Crippen LogP contribution in [0.3, 0.4) is 0 Å². The number of rotatable bonds is 2. The Labute approximate surface area is 90.1 Å². The van der Waals surface area contributed by atoms with Gasteiger partial charge < -0.3 is 15.2 Å². The third-order valence-corrected chi connectivity index (χ3v) is 2.52. The molecule has 0 amide bonds. The SMILES string of the molecule is O=C(O)C(O)c1ccc2c(Cl)c[nH]c2c1. The zero-order valence-corrected chi connectivity index (χ0v) is 8.32. The van der Waals surface area contributed by atoms with E-state index in [9.17, 15) is 9.90 Å². The van der Waals surface area contributed by atoms with E-state index in [1.807, 2.05) is 0 Å². The molecule has 0 radical (unpaired) electrons. The Hall–Kier alpha value is -1.52. The maximum Gasteiger partial charge on any atom is 0.337 e. The number of carboxylic acids is 1. The summed E-state index contributed by atoms with van der Waals surface area (Å²) in [5.41, 5.74) is 1.03. The Morgan fingerprint density at radius 3 is 2.87 bits per heavy atom. The number of hydrogen-bond acceptors (Lipinski definition) is 2. The molecule has 3 N–H and O–H groups in total. The molecule has 1 aromatic heterocycles. The first-order chi connectivity index (χ1) is 7.09. The summed E-state index contributed by atoms with van der Waals surface area (Å²) in [6.45, 7) is 0. The highest BCUT2D eigenvalue weighted by molar-refractivity contribution is 6.35. The smallest absolute Gasteiger partial charge is 0.337 e. The van der Waals surface area contributed by atoms with Crippen LogP contribution in [0.1, 0.15) is 11.7 Å². The molecule has 0 fully saturated rings. The summed E-state index contributed by atoms with van der Waals surface area (Å²) in [6, 6.07) is 4.79. The average molecular weight is 226 g/mol. The molecule has 1 atom stereocenters. The minimum Gasteiger partial charge on any atom is -0.479 e. The highest BCUT2D eigenvalue weighted by atomic mass is 35.5. The lowest BCUT2D eigenvalue weighted by Crippen LogP contribution is -2.10. The first kappa shape index (κ1) is 10.0. The fourth-order valence-electron chi connectivity index (χ4n) is 1.42. The van der Waals surface area contributed by atoms with Gasteiger partial charge in [-0.1, -0.05) is 23.7 Å². The van der Waals surface area contributed by atoms with E-state index in [0.29, 0.717) is 16.1 Å². The molecule has 78 valence electrons. The monoisotopic (exact) mass is 225 g/mol. The standard InChI is InChI=1S/C10H8ClNO3/c11-7-4-12-8-3-5(1-2-6(7)8)9(13)10(14)15/h1-4,9,12-13H,(H,14,15). The van der Waals surface area contributed by atoms with Crippen LogP contribution in [0.5, 0.6) is 0 Å². The Kier molecular flexibility index (Phi) is 2.38. The molecule has 2 rings (SSSR count). The number of aliphatic carboxylic acids is 1. The van der Waals surface area contributed by atoms with Gasteiger partial charge in [0.05, 0.1) is 5.02 Å². The maximum absolute atomic E-state index is 10.6. The molecule has 1 heterocycles. The zero-order chi connectivity index (χ0) is 11.0. The number of H-pyrrole nitrogens is 1. The van der Waals surface area contributed by atoms with Gasteiger partial charge in [-0.05, 0) is 11.6 Å². The Balaban J connectivity index is 2.52. The van der Waals surface area contributed by atoms with Crippen molar-refractivity contribution in [2.24, 2.45) is 0 Å². The van der Waals surface area contributed by atoms with Crippen LogP contribution in [0.4, 0.5) is 0 Å². The zero-order valence-electron chi connectivity index (χ0n) is 7.57. The summed E-state index contributed by atoms with van der Waals surface area (Å²) in [5.74, 6) is -1.27. The summed E-state index contributed by atoms with van der Waals surface area (Å²) >= 11 is 5.86. The minimum absolute atomic E-state index is 0.327. The number of fused-ring (bicyclic) bond motifs is 1. The molecule has 0 aliphatic heterocycles. The summed E-state index contributed by atoms with van der Waals surface area (Å²) in [6.07, 6.45) is 0.111. The predicted octanol–water partition coefficient (Wildman–Crippen LogP) is 1.94. The summed E-state index contributed by atoms with van der Waals surface area (Å²) in [5, 5.41) is 19.3. The molecule has 5 heteroatoms. The lowest BCUT2D eigenvalue weighted by atomic mass is 10.1. The lowest BCUT2D eigenvalue weighted by Gasteiger charge is -2.05. The van der Waals surface area contributed by atoms with Crippen molar-refractivity contribution < 1.29 is 15.0 Å². The minimum atomic E-state index is -1.50.